The Balaban J connectivity index is 1.66. The molecule has 0 atom stereocenters. The zero-order valence-corrected chi connectivity index (χ0v) is 9.73. The molecule has 1 amide bonds. The number of anilines is 1. The number of carbonyl (C=O) groups excluding carboxylic acids is 1. The Bertz CT molecular complexity index is 559. The van der Waals surface area contributed by atoms with Gasteiger partial charge in [-0.3, -0.25) is 14.5 Å². The molecule has 0 spiro atoms. The van der Waals surface area contributed by atoms with Crippen LogP contribution in [0.25, 0.3) is 0 Å². The normalized spacial score (nSPS) is 15.4. The van der Waals surface area contributed by atoms with Gasteiger partial charge in [0, 0.05) is 37.4 Å². The van der Waals surface area contributed by atoms with E-state index in [2.05, 4.69) is 15.0 Å². The topological polar surface area (TPSA) is 77.0 Å². The molecule has 0 bridgehead atoms. The van der Waals surface area contributed by atoms with Crippen molar-refractivity contribution in [2.45, 2.75) is 6.04 Å². The first-order chi connectivity index (χ1) is 8.74. The molecule has 0 aliphatic carbocycles. The van der Waals surface area contributed by atoms with E-state index in [0.717, 1.165) is 18.8 Å². The number of amides is 1. The molecule has 6 heteroatoms. The van der Waals surface area contributed by atoms with E-state index in [1.165, 1.54) is 6.20 Å². The highest BCUT2D eigenvalue weighted by molar-refractivity contribution is 5.92. The Morgan fingerprint density at radius 3 is 2.67 bits per heavy atom. The van der Waals surface area contributed by atoms with Crippen LogP contribution < -0.4 is 10.6 Å². The van der Waals surface area contributed by atoms with Crippen LogP contribution in [0, 0.1) is 0 Å². The summed E-state index contributed by atoms with van der Waals surface area (Å²) in [4.78, 5) is 17.2. The fourth-order valence-electron chi connectivity index (χ4n) is 2.05. The van der Waals surface area contributed by atoms with Crippen LogP contribution >= 0.6 is 0 Å². The third kappa shape index (κ3) is 1.81. The zero-order chi connectivity index (χ0) is 12.5. The molecule has 1 fully saturated rings. The molecule has 92 valence electrons. The van der Waals surface area contributed by atoms with Crippen LogP contribution in [0.5, 0.6) is 0 Å². The van der Waals surface area contributed by atoms with Crippen molar-refractivity contribution >= 4 is 11.6 Å². The Morgan fingerprint density at radius 1 is 1.33 bits per heavy atom. The van der Waals surface area contributed by atoms with Crippen molar-refractivity contribution in [1.29, 1.82) is 0 Å². The molecule has 0 saturated carbocycles. The number of rotatable bonds is 3. The first-order valence-electron chi connectivity index (χ1n) is 5.73. The van der Waals surface area contributed by atoms with Gasteiger partial charge in [0.15, 0.2) is 0 Å². The average molecular weight is 243 g/mol. The molecule has 6 nitrogen and oxygen atoms in total. The number of carbonyl (C=O) groups is 1. The van der Waals surface area contributed by atoms with Gasteiger partial charge in [-0.2, -0.15) is 5.10 Å². The lowest BCUT2D eigenvalue weighted by Crippen LogP contribution is -2.48. The van der Waals surface area contributed by atoms with Crippen LogP contribution in [-0.4, -0.2) is 33.8 Å². The van der Waals surface area contributed by atoms with E-state index in [1.807, 2.05) is 12.1 Å². The summed E-state index contributed by atoms with van der Waals surface area (Å²) in [5.74, 6) is -0.438. The molecule has 3 heterocycles. The van der Waals surface area contributed by atoms with Crippen LogP contribution in [0.2, 0.25) is 0 Å². The highest BCUT2D eigenvalue weighted by Gasteiger charge is 2.29. The minimum atomic E-state index is -0.438. The molecule has 1 saturated heterocycles. The van der Waals surface area contributed by atoms with Crippen molar-refractivity contribution in [3.63, 3.8) is 0 Å². The third-order valence-corrected chi connectivity index (χ3v) is 3.15. The predicted molar refractivity (Wildman–Crippen MR) is 66.2 cm³/mol. The van der Waals surface area contributed by atoms with Crippen LogP contribution in [0.15, 0.2) is 36.9 Å². The molecule has 1 aliphatic heterocycles. The number of primary amides is 1. The molecule has 0 unspecified atom stereocenters. The van der Waals surface area contributed by atoms with E-state index >= 15 is 0 Å². The van der Waals surface area contributed by atoms with E-state index in [4.69, 9.17) is 5.73 Å². The second-order valence-electron chi connectivity index (χ2n) is 4.34. The minimum Gasteiger partial charge on any atom is -0.367 e. The summed E-state index contributed by atoms with van der Waals surface area (Å²) in [5, 5.41) is 4.16. The van der Waals surface area contributed by atoms with Crippen LogP contribution in [0.3, 0.4) is 0 Å². The fraction of sp³-hybridized carbons (Fsp3) is 0.250. The van der Waals surface area contributed by atoms with Crippen molar-refractivity contribution in [2.75, 3.05) is 18.0 Å². The molecule has 18 heavy (non-hydrogen) atoms. The zero-order valence-electron chi connectivity index (χ0n) is 9.73. The Hall–Kier alpha value is -2.37. The van der Waals surface area contributed by atoms with Crippen molar-refractivity contribution in [1.82, 2.24) is 14.8 Å². The summed E-state index contributed by atoms with van der Waals surface area (Å²) in [6.07, 6.45) is 6.78. The maximum Gasteiger partial charge on any atom is 0.251 e. The lowest BCUT2D eigenvalue weighted by molar-refractivity contribution is 0.1000. The highest BCUT2D eigenvalue weighted by atomic mass is 16.1. The summed E-state index contributed by atoms with van der Waals surface area (Å²) in [5.41, 5.74) is 6.81. The molecule has 2 aromatic rings. The largest absolute Gasteiger partial charge is 0.367 e. The average Bonchev–Trinajstić information content (AvgIpc) is 2.78. The summed E-state index contributed by atoms with van der Waals surface area (Å²) >= 11 is 0. The first kappa shape index (κ1) is 10.8. The molecule has 0 radical (unpaired) electrons. The second kappa shape index (κ2) is 4.14. The predicted octanol–water partition coefficient (Wildman–Crippen LogP) is 0.438. The lowest BCUT2D eigenvalue weighted by atomic mass is 10.1. The molecular weight excluding hydrogens is 230 g/mol. The van der Waals surface area contributed by atoms with Crippen molar-refractivity contribution in [3.8, 4) is 0 Å². The number of hydrogen-bond donors (Lipinski definition) is 1. The Kier molecular flexibility index (Phi) is 2.47. The molecular formula is C12H13N5O. The SMILES string of the molecule is NC(=O)c1cnn(C2CN(c3ccncc3)C2)c1. The number of nitrogens with zero attached hydrogens (tertiary/aromatic N) is 4. The Labute approximate surface area is 104 Å². The van der Waals surface area contributed by atoms with Gasteiger partial charge in [0.25, 0.3) is 5.91 Å². The van der Waals surface area contributed by atoms with Gasteiger partial charge < -0.3 is 10.6 Å². The van der Waals surface area contributed by atoms with Gasteiger partial charge in [-0.05, 0) is 12.1 Å². The van der Waals surface area contributed by atoms with Crippen LogP contribution in [-0.2, 0) is 0 Å². The van der Waals surface area contributed by atoms with Gasteiger partial charge in [0.05, 0.1) is 17.8 Å². The summed E-state index contributed by atoms with van der Waals surface area (Å²) < 4.78 is 1.80. The summed E-state index contributed by atoms with van der Waals surface area (Å²) in [6.45, 7) is 1.76. The summed E-state index contributed by atoms with van der Waals surface area (Å²) in [6, 6.07) is 4.26. The fourth-order valence-corrected chi connectivity index (χ4v) is 2.05. The molecule has 0 aromatic carbocycles. The molecule has 2 aromatic heterocycles. The second-order valence-corrected chi connectivity index (χ2v) is 4.34. The van der Waals surface area contributed by atoms with Gasteiger partial charge >= 0.3 is 0 Å². The van der Waals surface area contributed by atoms with Crippen molar-refractivity contribution < 1.29 is 4.79 Å². The minimum absolute atomic E-state index is 0.297. The maximum atomic E-state index is 11.0. The van der Waals surface area contributed by atoms with Crippen LogP contribution in [0.1, 0.15) is 16.4 Å². The van der Waals surface area contributed by atoms with E-state index in [0.29, 0.717) is 11.6 Å². The highest BCUT2D eigenvalue weighted by Crippen LogP contribution is 2.26. The number of aromatic nitrogens is 3. The molecule has 1 aliphatic rings. The van der Waals surface area contributed by atoms with Crippen LogP contribution in [0.4, 0.5) is 5.69 Å². The monoisotopic (exact) mass is 243 g/mol. The van der Waals surface area contributed by atoms with Gasteiger partial charge in [0.2, 0.25) is 0 Å². The lowest BCUT2D eigenvalue weighted by Gasteiger charge is -2.40. The maximum absolute atomic E-state index is 11.0. The third-order valence-electron chi connectivity index (χ3n) is 3.15. The van der Waals surface area contributed by atoms with E-state index in [1.54, 1.807) is 23.3 Å². The number of nitrogens with two attached hydrogens (primary N) is 1. The quantitative estimate of drug-likeness (QED) is 0.848. The van der Waals surface area contributed by atoms with Crippen molar-refractivity contribution in [2.24, 2.45) is 5.73 Å². The standard InChI is InChI=1S/C12H13N5O/c13-12(18)9-5-15-17(6-9)11-7-16(8-11)10-1-3-14-4-2-10/h1-6,11H,7-8H2,(H2,13,18). The van der Waals surface area contributed by atoms with E-state index in [-0.39, 0.29) is 0 Å². The molecule has 2 N–H and O–H groups in total. The van der Waals surface area contributed by atoms with Crippen molar-refractivity contribution in [3.05, 3.63) is 42.5 Å². The first-order valence-corrected chi connectivity index (χ1v) is 5.73. The van der Waals surface area contributed by atoms with E-state index in [9.17, 15) is 4.79 Å². The van der Waals surface area contributed by atoms with Gasteiger partial charge in [0.1, 0.15) is 0 Å². The summed E-state index contributed by atoms with van der Waals surface area (Å²) in [7, 11) is 0. The van der Waals surface area contributed by atoms with Gasteiger partial charge in [-0.25, -0.2) is 0 Å². The van der Waals surface area contributed by atoms with Gasteiger partial charge in [-0.15, -0.1) is 0 Å². The number of hydrogen-bond acceptors (Lipinski definition) is 4. The van der Waals surface area contributed by atoms with E-state index < -0.39 is 5.91 Å². The number of pyridine rings is 1. The smallest absolute Gasteiger partial charge is 0.251 e. The van der Waals surface area contributed by atoms with Gasteiger partial charge in [-0.1, -0.05) is 0 Å². The molecule has 3 rings (SSSR count). The Morgan fingerprint density at radius 2 is 2.06 bits per heavy atom.